The SMILES string of the molecule is Cc1nn(C)cc1CNC(=O)c1ccc2c(c1)NC(=O)C2. The number of hydrogen-bond donors (Lipinski definition) is 2. The van der Waals surface area contributed by atoms with Crippen LogP contribution in [0.3, 0.4) is 0 Å². The Morgan fingerprint density at radius 1 is 1.48 bits per heavy atom. The molecule has 1 aliphatic rings. The van der Waals surface area contributed by atoms with Crippen LogP contribution in [-0.4, -0.2) is 21.6 Å². The number of amides is 2. The summed E-state index contributed by atoms with van der Waals surface area (Å²) in [5.74, 6) is -0.198. The van der Waals surface area contributed by atoms with Gasteiger partial charge >= 0.3 is 0 Å². The second-order valence-corrected chi connectivity index (χ2v) is 5.19. The van der Waals surface area contributed by atoms with Crippen molar-refractivity contribution in [3.05, 3.63) is 46.8 Å². The third kappa shape index (κ3) is 2.65. The van der Waals surface area contributed by atoms with Gasteiger partial charge in [-0.05, 0) is 24.6 Å². The van der Waals surface area contributed by atoms with Crippen LogP contribution < -0.4 is 10.6 Å². The minimum atomic E-state index is -0.165. The molecule has 1 aromatic heterocycles. The van der Waals surface area contributed by atoms with E-state index in [1.54, 1.807) is 16.8 Å². The molecule has 6 nitrogen and oxygen atoms in total. The topological polar surface area (TPSA) is 76.0 Å². The molecule has 0 unspecified atom stereocenters. The van der Waals surface area contributed by atoms with Crippen LogP contribution in [0.1, 0.15) is 27.2 Å². The number of carbonyl (C=O) groups excluding carboxylic acids is 2. The van der Waals surface area contributed by atoms with Crippen molar-refractivity contribution in [2.75, 3.05) is 5.32 Å². The van der Waals surface area contributed by atoms with Crippen molar-refractivity contribution in [3.8, 4) is 0 Å². The molecule has 2 amide bonds. The van der Waals surface area contributed by atoms with Crippen LogP contribution in [0.25, 0.3) is 0 Å². The monoisotopic (exact) mass is 284 g/mol. The molecule has 3 rings (SSSR count). The molecular weight excluding hydrogens is 268 g/mol. The van der Waals surface area contributed by atoms with Crippen molar-refractivity contribution in [3.63, 3.8) is 0 Å². The number of carbonyl (C=O) groups is 2. The molecule has 0 atom stereocenters. The van der Waals surface area contributed by atoms with E-state index in [9.17, 15) is 9.59 Å². The van der Waals surface area contributed by atoms with Crippen molar-refractivity contribution < 1.29 is 9.59 Å². The van der Waals surface area contributed by atoms with Crippen LogP contribution in [-0.2, 0) is 24.8 Å². The van der Waals surface area contributed by atoms with E-state index in [-0.39, 0.29) is 11.8 Å². The molecule has 0 aliphatic carbocycles. The van der Waals surface area contributed by atoms with Gasteiger partial charge in [0.2, 0.25) is 5.91 Å². The summed E-state index contributed by atoms with van der Waals surface area (Å²) in [5.41, 5.74) is 4.08. The number of nitrogens with one attached hydrogen (secondary N) is 2. The lowest BCUT2D eigenvalue weighted by Crippen LogP contribution is -2.23. The first-order chi connectivity index (χ1) is 10.0. The highest BCUT2D eigenvalue weighted by Gasteiger charge is 2.19. The summed E-state index contributed by atoms with van der Waals surface area (Å²) < 4.78 is 1.72. The molecule has 0 fully saturated rings. The minimum Gasteiger partial charge on any atom is -0.348 e. The predicted octanol–water partition coefficient (Wildman–Crippen LogP) is 1.15. The van der Waals surface area contributed by atoms with Crippen molar-refractivity contribution in [1.82, 2.24) is 15.1 Å². The molecule has 0 bridgehead atoms. The zero-order valence-electron chi connectivity index (χ0n) is 11.9. The second-order valence-electron chi connectivity index (χ2n) is 5.19. The summed E-state index contributed by atoms with van der Waals surface area (Å²) in [6, 6.07) is 5.27. The van der Waals surface area contributed by atoms with Gasteiger partial charge in [0.15, 0.2) is 0 Å². The van der Waals surface area contributed by atoms with Gasteiger partial charge in [0.05, 0.1) is 12.1 Å². The zero-order chi connectivity index (χ0) is 15.0. The van der Waals surface area contributed by atoms with E-state index in [0.29, 0.717) is 18.5 Å². The molecule has 0 spiro atoms. The van der Waals surface area contributed by atoms with Gasteiger partial charge in [0.25, 0.3) is 5.91 Å². The Morgan fingerprint density at radius 3 is 3.00 bits per heavy atom. The molecule has 0 saturated carbocycles. The maximum Gasteiger partial charge on any atom is 0.251 e. The number of aromatic nitrogens is 2. The lowest BCUT2D eigenvalue weighted by atomic mass is 10.1. The summed E-state index contributed by atoms with van der Waals surface area (Å²) in [5, 5.41) is 9.85. The van der Waals surface area contributed by atoms with Crippen LogP contribution in [0.4, 0.5) is 5.69 Å². The Labute approximate surface area is 122 Å². The fourth-order valence-corrected chi connectivity index (χ4v) is 2.46. The molecule has 0 radical (unpaired) electrons. The smallest absolute Gasteiger partial charge is 0.251 e. The fraction of sp³-hybridized carbons (Fsp3) is 0.267. The molecule has 0 saturated heterocycles. The minimum absolute atomic E-state index is 0.0338. The van der Waals surface area contributed by atoms with Crippen LogP contribution in [0.5, 0.6) is 0 Å². The first-order valence-corrected chi connectivity index (χ1v) is 6.73. The Morgan fingerprint density at radius 2 is 2.29 bits per heavy atom. The van der Waals surface area contributed by atoms with Gasteiger partial charge in [-0.3, -0.25) is 14.3 Å². The third-order valence-electron chi connectivity index (χ3n) is 3.55. The number of fused-ring (bicyclic) bond motifs is 1. The van der Waals surface area contributed by atoms with Crippen LogP contribution in [0, 0.1) is 6.92 Å². The average molecular weight is 284 g/mol. The Balaban J connectivity index is 1.70. The standard InChI is InChI=1S/C15H16N4O2/c1-9-12(8-19(2)18-9)7-16-15(21)11-4-3-10-6-14(20)17-13(10)5-11/h3-5,8H,6-7H2,1-2H3,(H,16,21)(H,17,20). The second kappa shape index (κ2) is 5.05. The van der Waals surface area contributed by atoms with Crippen molar-refractivity contribution >= 4 is 17.5 Å². The highest BCUT2D eigenvalue weighted by atomic mass is 16.2. The first-order valence-electron chi connectivity index (χ1n) is 6.73. The first kappa shape index (κ1) is 13.4. The van der Waals surface area contributed by atoms with Gasteiger partial charge in [-0.2, -0.15) is 5.10 Å². The van der Waals surface area contributed by atoms with Crippen LogP contribution in [0.2, 0.25) is 0 Å². The summed E-state index contributed by atoms with van der Waals surface area (Å²) >= 11 is 0. The number of aryl methyl sites for hydroxylation is 2. The van der Waals surface area contributed by atoms with E-state index < -0.39 is 0 Å². The van der Waals surface area contributed by atoms with E-state index in [1.807, 2.05) is 26.2 Å². The Bertz CT molecular complexity index is 733. The zero-order valence-corrected chi connectivity index (χ0v) is 11.9. The van der Waals surface area contributed by atoms with Crippen molar-refractivity contribution in [1.29, 1.82) is 0 Å². The highest BCUT2D eigenvalue weighted by molar-refractivity contribution is 6.02. The molecule has 108 valence electrons. The Kier molecular flexibility index (Phi) is 3.21. The maximum atomic E-state index is 12.2. The van der Waals surface area contributed by atoms with E-state index in [0.717, 1.165) is 22.5 Å². The van der Waals surface area contributed by atoms with E-state index in [1.165, 1.54) is 0 Å². The molecule has 21 heavy (non-hydrogen) atoms. The van der Waals surface area contributed by atoms with Gasteiger partial charge in [0.1, 0.15) is 0 Å². The molecule has 1 aromatic carbocycles. The molecule has 2 aromatic rings. The lowest BCUT2D eigenvalue weighted by molar-refractivity contribution is -0.115. The number of rotatable bonds is 3. The number of anilines is 1. The van der Waals surface area contributed by atoms with Gasteiger partial charge in [-0.15, -0.1) is 0 Å². The fourth-order valence-electron chi connectivity index (χ4n) is 2.46. The quantitative estimate of drug-likeness (QED) is 0.888. The van der Waals surface area contributed by atoms with E-state index >= 15 is 0 Å². The van der Waals surface area contributed by atoms with Gasteiger partial charge in [-0.25, -0.2) is 0 Å². The summed E-state index contributed by atoms with van der Waals surface area (Å²) in [7, 11) is 1.85. The van der Waals surface area contributed by atoms with Gasteiger partial charge in [0, 0.05) is 36.6 Å². The van der Waals surface area contributed by atoms with Crippen LogP contribution >= 0.6 is 0 Å². The average Bonchev–Trinajstić information content (AvgIpc) is 2.96. The van der Waals surface area contributed by atoms with Crippen molar-refractivity contribution in [2.45, 2.75) is 19.9 Å². The number of benzene rings is 1. The molecular formula is C15H16N4O2. The van der Waals surface area contributed by atoms with Crippen LogP contribution in [0.15, 0.2) is 24.4 Å². The predicted molar refractivity (Wildman–Crippen MR) is 77.9 cm³/mol. The summed E-state index contributed by atoms with van der Waals surface area (Å²) in [6.45, 7) is 2.34. The molecule has 2 heterocycles. The third-order valence-corrected chi connectivity index (χ3v) is 3.55. The van der Waals surface area contributed by atoms with E-state index in [4.69, 9.17) is 0 Å². The van der Waals surface area contributed by atoms with Crippen molar-refractivity contribution in [2.24, 2.45) is 7.05 Å². The largest absolute Gasteiger partial charge is 0.348 e. The summed E-state index contributed by atoms with van der Waals surface area (Å²) in [6.07, 6.45) is 2.27. The van der Waals surface area contributed by atoms with E-state index in [2.05, 4.69) is 15.7 Å². The number of nitrogens with zero attached hydrogens (tertiary/aromatic N) is 2. The van der Waals surface area contributed by atoms with Gasteiger partial charge < -0.3 is 10.6 Å². The normalized spacial score (nSPS) is 13.0. The molecule has 1 aliphatic heterocycles. The maximum absolute atomic E-state index is 12.2. The van der Waals surface area contributed by atoms with Gasteiger partial charge in [-0.1, -0.05) is 6.07 Å². The Hall–Kier alpha value is -2.63. The molecule has 2 N–H and O–H groups in total. The summed E-state index contributed by atoms with van der Waals surface area (Å²) in [4.78, 5) is 23.5. The number of hydrogen-bond acceptors (Lipinski definition) is 3. The highest BCUT2D eigenvalue weighted by Crippen LogP contribution is 2.24. The molecule has 6 heteroatoms. The lowest BCUT2D eigenvalue weighted by Gasteiger charge is -2.06.